The predicted octanol–water partition coefficient (Wildman–Crippen LogP) is 7.95. The number of nitrogens with zero attached hydrogens (tertiary/aromatic N) is 3. The lowest BCUT2D eigenvalue weighted by molar-refractivity contribution is -0.0502. The highest BCUT2D eigenvalue weighted by atomic mass is 31.2. The number of carbonyl (C=O) groups excluding carboxylic acids is 1. The molecule has 0 saturated heterocycles. The number of fused-ring (bicyclic) bond motifs is 1. The van der Waals surface area contributed by atoms with E-state index < -0.39 is 50.0 Å². The summed E-state index contributed by atoms with van der Waals surface area (Å²) >= 11 is 0. The number of aromatic nitrogens is 3. The number of nitrogens with one attached hydrogen (secondary N) is 1. The van der Waals surface area contributed by atoms with E-state index in [1.54, 1.807) is 26.8 Å². The average molecular weight is 755 g/mol. The molecule has 0 aliphatic heterocycles. The molecule has 1 unspecified atom stereocenters. The molecule has 3 aromatic carbocycles. The van der Waals surface area contributed by atoms with E-state index in [0.717, 1.165) is 11.1 Å². The minimum absolute atomic E-state index is 0.0153. The third-order valence-corrected chi connectivity index (χ3v) is 10.1. The summed E-state index contributed by atoms with van der Waals surface area (Å²) in [7, 11) is -2.89. The molecule has 6 rings (SSSR count). The van der Waals surface area contributed by atoms with Gasteiger partial charge in [-0.1, -0.05) is 60.7 Å². The van der Waals surface area contributed by atoms with Crippen molar-refractivity contribution in [1.82, 2.24) is 19.9 Å². The van der Waals surface area contributed by atoms with Crippen LogP contribution in [0.5, 0.6) is 17.2 Å². The number of phosphoric ester groups is 1. The summed E-state index contributed by atoms with van der Waals surface area (Å²) in [5.74, 6) is -1.06. The Hall–Kier alpha value is -4.95. The Kier molecular flexibility index (Phi) is 11.4. The number of amides is 1. The number of methoxy groups -OCH3 is 1. The first-order chi connectivity index (χ1) is 25.3. The minimum atomic E-state index is -4.16. The van der Waals surface area contributed by atoms with Crippen molar-refractivity contribution < 1.29 is 50.3 Å². The fourth-order valence-electron chi connectivity index (χ4n) is 5.24. The highest BCUT2D eigenvalue weighted by Crippen LogP contribution is 2.54. The maximum Gasteiger partial charge on any atom is 0.476 e. The first kappa shape index (κ1) is 37.8. The second-order valence-electron chi connectivity index (χ2n) is 12.8. The Morgan fingerprint density at radius 3 is 2.13 bits per heavy atom. The van der Waals surface area contributed by atoms with Crippen LogP contribution in [0.4, 0.5) is 13.2 Å². The molecular weight excluding hydrogens is 716 g/mol. The fourth-order valence-corrected chi connectivity index (χ4v) is 6.76. The largest absolute Gasteiger partial charge is 0.496 e. The van der Waals surface area contributed by atoms with Crippen molar-refractivity contribution in [3.05, 3.63) is 108 Å². The molecule has 2 heterocycles. The van der Waals surface area contributed by atoms with Gasteiger partial charge in [-0.05, 0) is 44.0 Å². The molecule has 1 amide bonds. The fraction of sp³-hybridized carbons (Fsp3) is 0.324. The second kappa shape index (κ2) is 16.0. The summed E-state index contributed by atoms with van der Waals surface area (Å²) in [6.45, 7) is 1.83. The summed E-state index contributed by atoms with van der Waals surface area (Å²) in [5.41, 5.74) is 1.02. The number of imidazole rings is 1. The first-order valence-corrected chi connectivity index (χ1v) is 18.1. The molecule has 16 heteroatoms. The number of hydrogen-bond donors (Lipinski definition) is 1. The van der Waals surface area contributed by atoms with Crippen molar-refractivity contribution in [2.75, 3.05) is 7.11 Å². The average Bonchev–Trinajstić information content (AvgIpc) is 3.66. The maximum atomic E-state index is 14.0. The number of carbonyl (C=O) groups is 1. The lowest BCUT2D eigenvalue weighted by Crippen LogP contribution is -2.40. The lowest BCUT2D eigenvalue weighted by atomic mass is 10.0. The number of benzene rings is 3. The third-order valence-electron chi connectivity index (χ3n) is 8.49. The SMILES string of the molecule is COc1cc(-c2cnc3cc(O[C@@H](C)C(C)(C)OP(=O)(OCc4ccccc4)OCc4ccccc4)cnn23)cc(OC(F)F)c1C(=O)NC1C[C@@H]1F. The Bertz CT molecular complexity index is 2040. The molecule has 1 aliphatic rings. The number of ether oxygens (including phenoxy) is 3. The molecular formula is C37H38F3N4O8P. The van der Waals surface area contributed by atoms with Crippen molar-refractivity contribution in [2.45, 2.75) is 70.9 Å². The van der Waals surface area contributed by atoms with Crippen LogP contribution in [0.3, 0.4) is 0 Å². The second-order valence-corrected chi connectivity index (χ2v) is 14.4. The third kappa shape index (κ3) is 9.35. The van der Waals surface area contributed by atoms with Crippen LogP contribution in [0.15, 0.2) is 91.3 Å². The molecule has 1 fully saturated rings. The Morgan fingerprint density at radius 1 is 0.962 bits per heavy atom. The number of halogens is 3. The van der Waals surface area contributed by atoms with Crippen LogP contribution in [-0.4, -0.2) is 58.1 Å². The summed E-state index contributed by atoms with van der Waals surface area (Å²) in [5, 5.41) is 6.91. The standard InChI is InChI=1S/C37H38F3N4O8P/c1-23(37(2,3)52-53(46,48-21-24-11-7-5-8-12-24)49-22-25-13-9-6-10-14-25)50-27-17-33-41-20-30(44(33)42-19-27)26-15-31(47-4)34(32(16-26)51-36(39)40)35(45)43-29-18-28(29)38/h5-17,19-20,23,28-29,36H,18,21-22H2,1-4H3,(H,43,45)/t23-,28-,29?/m0/s1. The quantitative estimate of drug-likeness (QED) is 0.0934. The van der Waals surface area contributed by atoms with Crippen LogP contribution >= 0.6 is 7.82 Å². The molecule has 0 bridgehead atoms. The lowest BCUT2D eigenvalue weighted by Gasteiger charge is -2.34. The Morgan fingerprint density at radius 2 is 1.57 bits per heavy atom. The summed E-state index contributed by atoms with van der Waals surface area (Å²) in [4.78, 5) is 17.3. The van der Waals surface area contributed by atoms with E-state index in [9.17, 15) is 22.5 Å². The van der Waals surface area contributed by atoms with Crippen LogP contribution in [0.1, 0.15) is 48.7 Å². The van der Waals surface area contributed by atoms with Crippen LogP contribution in [0.2, 0.25) is 0 Å². The minimum Gasteiger partial charge on any atom is -0.496 e. The monoisotopic (exact) mass is 754 g/mol. The molecule has 280 valence electrons. The molecule has 3 atom stereocenters. The van der Waals surface area contributed by atoms with E-state index in [2.05, 4.69) is 15.4 Å². The molecule has 53 heavy (non-hydrogen) atoms. The maximum absolute atomic E-state index is 14.0. The molecule has 1 aliphatic carbocycles. The molecule has 1 saturated carbocycles. The van der Waals surface area contributed by atoms with Gasteiger partial charge >= 0.3 is 14.4 Å². The predicted molar refractivity (Wildman–Crippen MR) is 188 cm³/mol. The number of alkyl halides is 3. The van der Waals surface area contributed by atoms with E-state index in [1.807, 2.05) is 60.7 Å². The van der Waals surface area contributed by atoms with Crippen LogP contribution in [-0.2, 0) is 31.4 Å². The van der Waals surface area contributed by atoms with Crippen LogP contribution in [0, 0.1) is 0 Å². The van der Waals surface area contributed by atoms with Crippen molar-refractivity contribution in [1.29, 1.82) is 0 Å². The van der Waals surface area contributed by atoms with Gasteiger partial charge in [0.05, 0.1) is 44.5 Å². The van der Waals surface area contributed by atoms with E-state index in [0.29, 0.717) is 22.7 Å². The highest BCUT2D eigenvalue weighted by Gasteiger charge is 2.41. The van der Waals surface area contributed by atoms with Crippen molar-refractivity contribution in [3.8, 4) is 28.5 Å². The van der Waals surface area contributed by atoms with Crippen LogP contribution in [0.25, 0.3) is 16.9 Å². The van der Waals surface area contributed by atoms with E-state index in [1.165, 1.54) is 36.2 Å². The molecule has 2 aromatic heterocycles. The van der Waals surface area contributed by atoms with Gasteiger partial charge in [-0.25, -0.2) is 18.5 Å². The topological polar surface area (TPSA) is 132 Å². The normalized spacial score (nSPS) is 16.4. The zero-order valence-corrected chi connectivity index (χ0v) is 30.2. The van der Waals surface area contributed by atoms with Crippen molar-refractivity contribution >= 4 is 19.4 Å². The van der Waals surface area contributed by atoms with Crippen molar-refractivity contribution in [3.63, 3.8) is 0 Å². The summed E-state index contributed by atoms with van der Waals surface area (Å²) < 4.78 is 89.9. The number of rotatable bonds is 17. The summed E-state index contributed by atoms with van der Waals surface area (Å²) in [6.07, 6.45) is 1.07. The van der Waals surface area contributed by atoms with Gasteiger partial charge in [0.15, 0.2) is 5.65 Å². The van der Waals surface area contributed by atoms with Gasteiger partial charge in [0.25, 0.3) is 5.91 Å². The van der Waals surface area contributed by atoms with Gasteiger partial charge in [-0.15, -0.1) is 0 Å². The summed E-state index contributed by atoms with van der Waals surface area (Å²) in [6, 6.07) is 22.0. The number of hydrogen-bond acceptors (Lipinski definition) is 10. The molecule has 12 nitrogen and oxygen atoms in total. The first-order valence-electron chi connectivity index (χ1n) is 16.6. The molecule has 0 spiro atoms. The van der Waals surface area contributed by atoms with Gasteiger partial charge in [0.2, 0.25) is 0 Å². The van der Waals surface area contributed by atoms with E-state index in [4.69, 9.17) is 27.8 Å². The van der Waals surface area contributed by atoms with E-state index >= 15 is 0 Å². The van der Waals surface area contributed by atoms with Crippen molar-refractivity contribution in [2.24, 2.45) is 0 Å². The molecule has 5 aromatic rings. The Labute approximate surface area is 303 Å². The van der Waals surface area contributed by atoms with Crippen LogP contribution < -0.4 is 19.5 Å². The van der Waals surface area contributed by atoms with E-state index in [-0.39, 0.29) is 30.9 Å². The van der Waals surface area contributed by atoms with Gasteiger partial charge in [-0.2, -0.15) is 13.9 Å². The zero-order chi connectivity index (χ0) is 37.8. The molecule has 0 radical (unpaired) electrons. The van der Waals surface area contributed by atoms with Gasteiger partial charge < -0.3 is 19.5 Å². The van der Waals surface area contributed by atoms with Gasteiger partial charge in [-0.3, -0.25) is 18.4 Å². The van der Waals surface area contributed by atoms with Gasteiger partial charge in [0.1, 0.15) is 40.7 Å². The van der Waals surface area contributed by atoms with Gasteiger partial charge in [0, 0.05) is 18.1 Å². The smallest absolute Gasteiger partial charge is 0.476 e. The highest BCUT2D eigenvalue weighted by molar-refractivity contribution is 7.48. The Balaban J connectivity index is 1.20. The zero-order valence-electron chi connectivity index (χ0n) is 29.3. The molecule has 1 N–H and O–H groups in total. The number of phosphoric acid groups is 1.